The number of aliphatic hydroxyl groups excluding tert-OH is 1. The van der Waals surface area contributed by atoms with Gasteiger partial charge in [-0.3, -0.25) is 4.79 Å². The highest BCUT2D eigenvalue weighted by Gasteiger charge is 2.05. The fourth-order valence-corrected chi connectivity index (χ4v) is 1.56. The molecule has 1 saturated heterocycles. The summed E-state index contributed by atoms with van der Waals surface area (Å²) in [5.41, 5.74) is 0.671. The average molecular weight is 494 g/mol. The molecule has 0 amide bonds. The highest BCUT2D eigenvalue weighted by molar-refractivity contribution is 5.87. The van der Waals surface area contributed by atoms with E-state index in [1.165, 1.54) is 18.9 Å². The number of ether oxygens (including phenoxy) is 4. The van der Waals surface area contributed by atoms with Crippen molar-refractivity contribution in [2.75, 3.05) is 46.2 Å². The van der Waals surface area contributed by atoms with E-state index in [1.807, 2.05) is 5.92 Å². The van der Waals surface area contributed by atoms with Crippen LogP contribution in [0.1, 0.15) is 39.5 Å². The molecule has 0 bridgehead atoms. The van der Waals surface area contributed by atoms with Crippen molar-refractivity contribution in [1.82, 2.24) is 0 Å². The Balaban J connectivity index is -0.000000442. The number of esters is 3. The number of isocyanates is 1. The van der Waals surface area contributed by atoms with Gasteiger partial charge in [-0.15, -0.1) is 12.8 Å². The number of carbonyl (C=O) groups is 3. The summed E-state index contributed by atoms with van der Waals surface area (Å²) >= 11 is 0. The minimum absolute atomic E-state index is 0.0234. The molecular formula is C25H35NO9. The van der Waals surface area contributed by atoms with E-state index in [0.717, 1.165) is 13.2 Å². The quantitative estimate of drug-likeness (QED) is 0.0920. The first-order chi connectivity index (χ1) is 16.7. The maximum atomic E-state index is 10.9. The second-order valence-corrected chi connectivity index (χ2v) is 6.46. The van der Waals surface area contributed by atoms with Crippen molar-refractivity contribution in [3.8, 4) is 24.7 Å². The van der Waals surface area contributed by atoms with Crippen LogP contribution in [-0.4, -0.2) is 75.3 Å². The maximum absolute atomic E-state index is 10.9. The largest absolute Gasteiger partial charge is 0.462 e. The zero-order valence-corrected chi connectivity index (χ0v) is 20.5. The third-order valence-electron chi connectivity index (χ3n) is 3.19. The predicted octanol–water partition coefficient (Wildman–Crippen LogP) is 1.91. The minimum Gasteiger partial charge on any atom is -0.462 e. The summed E-state index contributed by atoms with van der Waals surface area (Å²) < 4.78 is 18.9. The van der Waals surface area contributed by atoms with E-state index in [0.29, 0.717) is 17.6 Å². The Kier molecular flexibility index (Phi) is 29.1. The first kappa shape index (κ1) is 35.9. The third kappa shape index (κ3) is 32.6. The van der Waals surface area contributed by atoms with Gasteiger partial charge in [0.05, 0.1) is 13.2 Å². The fourth-order valence-electron chi connectivity index (χ4n) is 1.56. The van der Waals surface area contributed by atoms with Gasteiger partial charge < -0.3 is 24.1 Å². The molecule has 1 aliphatic rings. The Bertz CT molecular complexity index is 757. The lowest BCUT2D eigenvalue weighted by atomic mass is 10.3. The second kappa shape index (κ2) is 28.3. The SMILES string of the molecule is C#CCO.C#CCOC(=O)CCCOC(=O)C(=C)C.C1CCOC1.C=C(C)C(=O)OCCN=C=O. The van der Waals surface area contributed by atoms with Gasteiger partial charge in [0.1, 0.15) is 13.2 Å². The first-order valence-electron chi connectivity index (χ1n) is 10.6. The van der Waals surface area contributed by atoms with E-state index in [4.69, 9.17) is 21.0 Å². The Morgan fingerprint density at radius 2 is 1.49 bits per heavy atom. The Morgan fingerprint density at radius 3 is 1.86 bits per heavy atom. The van der Waals surface area contributed by atoms with Gasteiger partial charge >= 0.3 is 17.9 Å². The summed E-state index contributed by atoms with van der Waals surface area (Å²) in [6.07, 6.45) is 13.9. The molecule has 10 nitrogen and oxygen atoms in total. The van der Waals surface area contributed by atoms with Crippen molar-refractivity contribution in [3.05, 3.63) is 24.3 Å². The zero-order valence-electron chi connectivity index (χ0n) is 20.5. The van der Waals surface area contributed by atoms with Gasteiger partial charge in [0, 0.05) is 30.8 Å². The molecule has 0 aromatic heterocycles. The maximum Gasteiger partial charge on any atom is 0.333 e. The van der Waals surface area contributed by atoms with Crippen molar-refractivity contribution >= 4 is 24.0 Å². The van der Waals surface area contributed by atoms with Crippen LogP contribution in [0.15, 0.2) is 29.3 Å². The van der Waals surface area contributed by atoms with Gasteiger partial charge in [0.15, 0.2) is 6.61 Å². The van der Waals surface area contributed by atoms with Gasteiger partial charge in [-0.1, -0.05) is 25.0 Å². The number of aliphatic hydroxyl groups is 1. The molecule has 0 saturated carbocycles. The molecule has 0 aliphatic carbocycles. The van der Waals surface area contributed by atoms with Crippen LogP contribution in [0, 0.1) is 24.7 Å². The van der Waals surface area contributed by atoms with Crippen LogP contribution in [0.2, 0.25) is 0 Å². The third-order valence-corrected chi connectivity index (χ3v) is 3.19. The molecule has 0 radical (unpaired) electrons. The predicted molar refractivity (Wildman–Crippen MR) is 130 cm³/mol. The summed E-state index contributed by atoms with van der Waals surface area (Å²) in [4.78, 5) is 45.2. The van der Waals surface area contributed by atoms with Gasteiger partial charge in [-0.05, 0) is 33.1 Å². The second-order valence-electron chi connectivity index (χ2n) is 6.46. The van der Waals surface area contributed by atoms with E-state index in [2.05, 4.69) is 40.0 Å². The molecule has 0 aromatic carbocycles. The summed E-state index contributed by atoms with van der Waals surface area (Å²) in [6.45, 7) is 12.2. The van der Waals surface area contributed by atoms with Crippen LogP contribution >= 0.6 is 0 Å². The molecule has 10 heteroatoms. The van der Waals surface area contributed by atoms with Crippen molar-refractivity contribution < 1.29 is 43.2 Å². The van der Waals surface area contributed by atoms with Crippen LogP contribution in [0.4, 0.5) is 0 Å². The zero-order chi connectivity index (χ0) is 27.3. The minimum atomic E-state index is -0.467. The Hall–Kier alpha value is -3.69. The van der Waals surface area contributed by atoms with Gasteiger partial charge in [0.2, 0.25) is 6.08 Å². The molecular weight excluding hydrogens is 458 g/mol. The lowest BCUT2D eigenvalue weighted by Crippen LogP contribution is -2.09. The van der Waals surface area contributed by atoms with Crippen LogP contribution in [0.25, 0.3) is 0 Å². The lowest BCUT2D eigenvalue weighted by molar-refractivity contribution is -0.144. The van der Waals surface area contributed by atoms with E-state index in [9.17, 15) is 19.2 Å². The highest BCUT2D eigenvalue weighted by atomic mass is 16.5. The molecule has 0 spiro atoms. The summed E-state index contributed by atoms with van der Waals surface area (Å²) in [5.74, 6) is 2.86. The number of rotatable bonds is 10. The van der Waals surface area contributed by atoms with Crippen LogP contribution in [-0.2, 0) is 38.1 Å². The molecule has 1 aliphatic heterocycles. The normalized spacial score (nSPS) is 10.3. The standard InChI is InChI=1S/C11H14O4.C7H9NO3.C4H8O.C3H4O/c1-4-7-14-10(12)6-5-8-15-11(13)9(2)3;1-6(2)7(10)11-4-3-8-5-9;1-2-4-5-3-1;1-2-3-4/h1H,2,5-8H2,3H3;1,3-4H2,2H3;1-4H2;1,4H,3H2. The van der Waals surface area contributed by atoms with E-state index < -0.39 is 11.9 Å². The molecule has 1 N–H and O–H groups in total. The molecule has 1 rings (SSSR count). The molecule has 0 aromatic rings. The van der Waals surface area contributed by atoms with Crippen molar-refractivity contribution in [3.63, 3.8) is 0 Å². The van der Waals surface area contributed by atoms with Crippen molar-refractivity contribution in [2.45, 2.75) is 39.5 Å². The molecule has 0 unspecified atom stereocenters. The smallest absolute Gasteiger partial charge is 0.333 e. The highest BCUT2D eigenvalue weighted by Crippen LogP contribution is 1.98. The van der Waals surface area contributed by atoms with E-state index in [-0.39, 0.29) is 45.4 Å². The van der Waals surface area contributed by atoms with Crippen LogP contribution in [0.5, 0.6) is 0 Å². The topological polar surface area (TPSA) is 138 Å². The van der Waals surface area contributed by atoms with Gasteiger partial charge in [-0.2, -0.15) is 0 Å². The van der Waals surface area contributed by atoms with Crippen LogP contribution in [0.3, 0.4) is 0 Å². The monoisotopic (exact) mass is 493 g/mol. The summed E-state index contributed by atoms with van der Waals surface area (Å²) in [7, 11) is 0. The first-order valence-corrected chi connectivity index (χ1v) is 10.6. The van der Waals surface area contributed by atoms with Gasteiger partial charge in [-0.25, -0.2) is 19.4 Å². The van der Waals surface area contributed by atoms with Crippen LogP contribution < -0.4 is 0 Å². The number of terminal acetylenes is 2. The summed E-state index contributed by atoms with van der Waals surface area (Å²) in [5, 5.41) is 7.64. The molecule has 194 valence electrons. The number of aliphatic imine (C=N–C) groups is 1. The fraction of sp³-hybridized carbons (Fsp3) is 0.520. The lowest BCUT2D eigenvalue weighted by Gasteiger charge is -2.03. The Labute approximate surface area is 207 Å². The molecule has 0 atom stereocenters. The molecule has 1 fully saturated rings. The number of nitrogens with zero attached hydrogens (tertiary/aromatic N) is 1. The van der Waals surface area contributed by atoms with Crippen molar-refractivity contribution in [1.29, 1.82) is 0 Å². The number of hydrogen-bond acceptors (Lipinski definition) is 10. The molecule has 35 heavy (non-hydrogen) atoms. The van der Waals surface area contributed by atoms with Crippen molar-refractivity contribution in [2.24, 2.45) is 4.99 Å². The number of carbonyl (C=O) groups excluding carboxylic acids is 4. The Morgan fingerprint density at radius 1 is 0.971 bits per heavy atom. The number of hydrogen-bond donors (Lipinski definition) is 1. The van der Waals surface area contributed by atoms with E-state index in [1.54, 1.807) is 13.8 Å². The molecule has 1 heterocycles. The average Bonchev–Trinajstić information content (AvgIpc) is 3.43. The van der Waals surface area contributed by atoms with Gasteiger partial charge in [0.25, 0.3) is 0 Å². The van der Waals surface area contributed by atoms with E-state index >= 15 is 0 Å². The summed E-state index contributed by atoms with van der Waals surface area (Å²) in [6, 6.07) is 0.